The third-order valence-electron chi connectivity index (χ3n) is 3.01. The normalized spacial score (nSPS) is 16.1. The Kier molecular flexibility index (Phi) is 2.49. The molecular weight excluding hydrogens is 192 g/mol. The van der Waals surface area contributed by atoms with Crippen LogP contribution in [0.4, 0.5) is 0 Å². The van der Waals surface area contributed by atoms with Crippen LogP contribution in [0.5, 0.6) is 0 Å². The lowest BCUT2D eigenvalue weighted by atomic mass is 9.91. The molecule has 0 saturated carbocycles. The number of esters is 1. The highest BCUT2D eigenvalue weighted by Gasteiger charge is 2.24. The van der Waals surface area contributed by atoms with Gasteiger partial charge in [-0.1, -0.05) is 13.0 Å². The van der Waals surface area contributed by atoms with Gasteiger partial charge in [0.25, 0.3) is 0 Å². The molecule has 1 aromatic rings. The molecule has 0 spiro atoms. The van der Waals surface area contributed by atoms with Gasteiger partial charge in [0.1, 0.15) is 6.61 Å². The largest absolute Gasteiger partial charge is 0.457 e. The van der Waals surface area contributed by atoms with Gasteiger partial charge in [0.05, 0.1) is 5.56 Å². The summed E-state index contributed by atoms with van der Waals surface area (Å²) in [4.78, 5) is 11.3. The van der Waals surface area contributed by atoms with E-state index in [9.17, 15) is 4.79 Å². The van der Waals surface area contributed by atoms with Crippen molar-refractivity contribution >= 4 is 5.97 Å². The van der Waals surface area contributed by atoms with E-state index in [4.69, 9.17) is 9.84 Å². The van der Waals surface area contributed by atoms with Crippen LogP contribution >= 0.6 is 0 Å². The van der Waals surface area contributed by atoms with Crippen LogP contribution in [0.3, 0.4) is 0 Å². The molecule has 1 aliphatic heterocycles. The number of carbonyl (C=O) groups is 1. The predicted octanol–water partition coefficient (Wildman–Crippen LogP) is 1.76. The van der Waals surface area contributed by atoms with Crippen LogP contribution in [0.15, 0.2) is 12.1 Å². The van der Waals surface area contributed by atoms with Gasteiger partial charge >= 0.3 is 5.97 Å². The summed E-state index contributed by atoms with van der Waals surface area (Å²) in [6.45, 7) is 4.43. The topological polar surface area (TPSA) is 46.5 Å². The predicted molar refractivity (Wildman–Crippen MR) is 55.8 cm³/mol. The summed E-state index contributed by atoms with van der Waals surface area (Å²) in [5.74, 6) is -0.137. The van der Waals surface area contributed by atoms with E-state index < -0.39 is 0 Å². The Morgan fingerprint density at radius 2 is 2.27 bits per heavy atom. The number of cyclic esters (lactones) is 1. The minimum atomic E-state index is -0.240. The van der Waals surface area contributed by atoms with Crippen LogP contribution in [0.1, 0.15) is 39.9 Å². The maximum absolute atomic E-state index is 11.3. The van der Waals surface area contributed by atoms with Crippen LogP contribution in [0, 0.1) is 6.92 Å². The number of benzene rings is 1. The lowest BCUT2D eigenvalue weighted by Crippen LogP contribution is -2.04. The molecule has 0 aromatic heterocycles. The highest BCUT2D eigenvalue weighted by molar-refractivity contribution is 5.93. The molecule has 3 heteroatoms. The van der Waals surface area contributed by atoms with Gasteiger partial charge in [-0.3, -0.25) is 0 Å². The summed E-state index contributed by atoms with van der Waals surface area (Å²) in [6.07, 6.45) is 0. The van der Waals surface area contributed by atoms with Crippen molar-refractivity contribution in [3.63, 3.8) is 0 Å². The van der Waals surface area contributed by atoms with Gasteiger partial charge in [-0.15, -0.1) is 0 Å². The molecular formula is C12H14O3. The van der Waals surface area contributed by atoms with E-state index in [1.54, 1.807) is 6.07 Å². The zero-order chi connectivity index (χ0) is 11.0. The van der Waals surface area contributed by atoms with Crippen molar-refractivity contribution < 1.29 is 14.6 Å². The summed E-state index contributed by atoms with van der Waals surface area (Å²) in [5.41, 5.74) is 3.80. The van der Waals surface area contributed by atoms with E-state index in [0.717, 1.165) is 16.7 Å². The number of hydrogen-bond acceptors (Lipinski definition) is 3. The zero-order valence-corrected chi connectivity index (χ0v) is 8.91. The molecule has 1 aromatic carbocycles. The second-order valence-electron chi connectivity index (χ2n) is 3.97. The van der Waals surface area contributed by atoms with E-state index in [2.05, 4.69) is 0 Å². The molecule has 0 radical (unpaired) electrons. The molecule has 15 heavy (non-hydrogen) atoms. The molecule has 0 unspecified atom stereocenters. The number of carbonyl (C=O) groups excluding carboxylic acids is 1. The number of ether oxygens (including phenoxy) is 1. The van der Waals surface area contributed by atoms with Crippen molar-refractivity contribution in [1.29, 1.82) is 0 Å². The third kappa shape index (κ3) is 1.53. The van der Waals surface area contributed by atoms with Crippen molar-refractivity contribution in [2.45, 2.75) is 26.4 Å². The SMILES string of the molecule is Cc1c([C@H](C)CO)ccc2c1COC2=O. The van der Waals surface area contributed by atoms with E-state index in [1.165, 1.54) is 0 Å². The smallest absolute Gasteiger partial charge is 0.338 e. The molecule has 0 fully saturated rings. The van der Waals surface area contributed by atoms with Crippen molar-refractivity contribution in [2.75, 3.05) is 6.61 Å². The quantitative estimate of drug-likeness (QED) is 0.750. The fourth-order valence-electron chi connectivity index (χ4n) is 2.00. The Bertz CT molecular complexity index is 410. The summed E-state index contributed by atoms with van der Waals surface area (Å²) in [6, 6.07) is 3.70. The van der Waals surface area contributed by atoms with Crippen molar-refractivity contribution in [3.8, 4) is 0 Å². The molecule has 0 amide bonds. The average molecular weight is 206 g/mol. The third-order valence-corrected chi connectivity index (χ3v) is 3.01. The molecule has 1 aliphatic rings. The first-order chi connectivity index (χ1) is 7.15. The maximum Gasteiger partial charge on any atom is 0.338 e. The summed E-state index contributed by atoms with van der Waals surface area (Å²) in [5, 5.41) is 9.11. The van der Waals surface area contributed by atoms with Gasteiger partial charge in [0.15, 0.2) is 0 Å². The molecule has 1 heterocycles. The Morgan fingerprint density at radius 3 is 2.93 bits per heavy atom. The molecule has 1 N–H and O–H groups in total. The van der Waals surface area contributed by atoms with Crippen LogP contribution in [0.2, 0.25) is 0 Å². The first-order valence-electron chi connectivity index (χ1n) is 5.05. The van der Waals surface area contributed by atoms with Crippen LogP contribution in [0.25, 0.3) is 0 Å². The monoisotopic (exact) mass is 206 g/mol. The van der Waals surface area contributed by atoms with E-state index in [-0.39, 0.29) is 18.5 Å². The first kappa shape index (κ1) is 10.2. The molecule has 0 saturated heterocycles. The summed E-state index contributed by atoms with van der Waals surface area (Å²) in [7, 11) is 0. The highest BCUT2D eigenvalue weighted by Crippen LogP contribution is 2.29. The lowest BCUT2D eigenvalue weighted by Gasteiger charge is -2.13. The standard InChI is InChI=1S/C12H14O3/c1-7(5-13)9-3-4-10-11(8(9)2)6-15-12(10)14/h3-4,7,13H,5-6H2,1-2H3/t7-/m1/s1. The van der Waals surface area contributed by atoms with Crippen LogP contribution in [-0.2, 0) is 11.3 Å². The second-order valence-corrected chi connectivity index (χ2v) is 3.97. The fourth-order valence-corrected chi connectivity index (χ4v) is 2.00. The minimum absolute atomic E-state index is 0.103. The lowest BCUT2D eigenvalue weighted by molar-refractivity contribution is 0.0535. The van der Waals surface area contributed by atoms with Gasteiger partial charge in [0, 0.05) is 18.1 Å². The fraction of sp³-hybridized carbons (Fsp3) is 0.417. The van der Waals surface area contributed by atoms with Crippen molar-refractivity contribution in [2.24, 2.45) is 0 Å². The maximum atomic E-state index is 11.3. The Balaban J connectivity index is 2.51. The number of rotatable bonds is 2. The molecule has 0 bridgehead atoms. The van der Waals surface area contributed by atoms with Crippen LogP contribution in [-0.4, -0.2) is 17.7 Å². The molecule has 1 atom stereocenters. The van der Waals surface area contributed by atoms with E-state index >= 15 is 0 Å². The molecule has 2 rings (SSSR count). The Labute approximate surface area is 88.7 Å². The second kappa shape index (κ2) is 3.66. The van der Waals surface area contributed by atoms with Gasteiger partial charge in [0.2, 0.25) is 0 Å². The van der Waals surface area contributed by atoms with Gasteiger partial charge in [-0.05, 0) is 24.1 Å². The van der Waals surface area contributed by atoms with E-state index in [1.807, 2.05) is 19.9 Å². The zero-order valence-electron chi connectivity index (χ0n) is 8.91. The van der Waals surface area contributed by atoms with Gasteiger partial charge in [-0.25, -0.2) is 4.79 Å². The summed E-state index contributed by atoms with van der Waals surface area (Å²) >= 11 is 0. The summed E-state index contributed by atoms with van der Waals surface area (Å²) < 4.78 is 4.97. The van der Waals surface area contributed by atoms with Crippen LogP contribution < -0.4 is 0 Å². The minimum Gasteiger partial charge on any atom is -0.457 e. The van der Waals surface area contributed by atoms with Crippen molar-refractivity contribution in [1.82, 2.24) is 0 Å². The Morgan fingerprint density at radius 1 is 1.53 bits per heavy atom. The number of fused-ring (bicyclic) bond motifs is 1. The number of aliphatic hydroxyl groups excluding tert-OH is 1. The number of hydrogen-bond donors (Lipinski definition) is 1. The molecule has 0 aliphatic carbocycles. The molecule has 3 nitrogen and oxygen atoms in total. The molecule has 80 valence electrons. The number of aliphatic hydroxyl groups is 1. The van der Waals surface area contributed by atoms with Gasteiger partial charge in [-0.2, -0.15) is 0 Å². The highest BCUT2D eigenvalue weighted by atomic mass is 16.5. The van der Waals surface area contributed by atoms with Gasteiger partial charge < -0.3 is 9.84 Å². The average Bonchev–Trinajstić information content (AvgIpc) is 2.61. The van der Waals surface area contributed by atoms with Crippen molar-refractivity contribution in [3.05, 3.63) is 34.4 Å². The first-order valence-corrected chi connectivity index (χ1v) is 5.05. The van der Waals surface area contributed by atoms with E-state index in [0.29, 0.717) is 12.2 Å². The Hall–Kier alpha value is -1.35.